The summed E-state index contributed by atoms with van der Waals surface area (Å²) in [6.45, 7) is 9.29. The number of aryl methyl sites for hydroxylation is 3. The highest BCUT2D eigenvalue weighted by Crippen LogP contribution is 2.25. The summed E-state index contributed by atoms with van der Waals surface area (Å²) >= 11 is 1.60. The van der Waals surface area contributed by atoms with Crippen molar-refractivity contribution >= 4 is 11.8 Å². The van der Waals surface area contributed by atoms with Gasteiger partial charge in [0.05, 0.1) is 0 Å². The standard InChI is InChI=1S/C16H23N3OS/c1-5-8-17-15(10-21-16-19-18-13(4)20-16)14-7-6-11(2)12(3)9-14/h6-7,9,15,17H,5,8,10H2,1-4H3. The molecule has 5 heteroatoms. The predicted molar refractivity (Wildman–Crippen MR) is 86.7 cm³/mol. The van der Waals surface area contributed by atoms with Gasteiger partial charge in [-0.3, -0.25) is 0 Å². The van der Waals surface area contributed by atoms with Gasteiger partial charge in [0.1, 0.15) is 0 Å². The summed E-state index contributed by atoms with van der Waals surface area (Å²) in [7, 11) is 0. The van der Waals surface area contributed by atoms with Crippen LogP contribution in [0, 0.1) is 20.8 Å². The third kappa shape index (κ3) is 4.58. The lowest BCUT2D eigenvalue weighted by Crippen LogP contribution is -2.24. The second-order valence-corrected chi connectivity index (χ2v) is 6.22. The van der Waals surface area contributed by atoms with Crippen LogP contribution in [0.5, 0.6) is 0 Å². The van der Waals surface area contributed by atoms with Gasteiger partial charge in [-0.2, -0.15) is 0 Å². The van der Waals surface area contributed by atoms with Crippen molar-refractivity contribution in [2.24, 2.45) is 0 Å². The van der Waals surface area contributed by atoms with Crippen molar-refractivity contribution in [3.05, 3.63) is 40.8 Å². The lowest BCUT2D eigenvalue weighted by molar-refractivity contribution is 0.428. The third-order valence-electron chi connectivity index (χ3n) is 3.46. The fraction of sp³-hybridized carbons (Fsp3) is 0.500. The highest BCUT2D eigenvalue weighted by atomic mass is 32.2. The highest BCUT2D eigenvalue weighted by Gasteiger charge is 2.14. The first-order valence-corrected chi connectivity index (χ1v) is 8.32. The molecule has 21 heavy (non-hydrogen) atoms. The molecular formula is C16H23N3OS. The van der Waals surface area contributed by atoms with Gasteiger partial charge >= 0.3 is 0 Å². The molecule has 0 bridgehead atoms. The molecule has 0 fully saturated rings. The zero-order chi connectivity index (χ0) is 15.2. The lowest BCUT2D eigenvalue weighted by Gasteiger charge is -2.19. The summed E-state index contributed by atoms with van der Waals surface area (Å²) in [5.41, 5.74) is 3.97. The van der Waals surface area contributed by atoms with Gasteiger partial charge in [0.15, 0.2) is 0 Å². The minimum Gasteiger partial charge on any atom is -0.416 e. The van der Waals surface area contributed by atoms with E-state index in [1.165, 1.54) is 16.7 Å². The quantitative estimate of drug-likeness (QED) is 0.788. The summed E-state index contributed by atoms with van der Waals surface area (Å²) in [5.74, 6) is 1.49. The van der Waals surface area contributed by atoms with Gasteiger partial charge in [0.25, 0.3) is 5.22 Å². The zero-order valence-electron chi connectivity index (χ0n) is 13.1. The molecule has 114 valence electrons. The van der Waals surface area contributed by atoms with Crippen LogP contribution in [0.25, 0.3) is 0 Å². The Balaban J connectivity index is 2.07. The van der Waals surface area contributed by atoms with Crippen LogP contribution >= 0.6 is 11.8 Å². The van der Waals surface area contributed by atoms with Crippen molar-refractivity contribution in [3.63, 3.8) is 0 Å². The van der Waals surface area contributed by atoms with E-state index in [-0.39, 0.29) is 0 Å². The molecule has 0 saturated heterocycles. The van der Waals surface area contributed by atoms with Gasteiger partial charge < -0.3 is 9.73 Å². The number of nitrogens with one attached hydrogen (secondary N) is 1. The Labute approximate surface area is 130 Å². The van der Waals surface area contributed by atoms with Crippen molar-refractivity contribution in [1.29, 1.82) is 0 Å². The van der Waals surface area contributed by atoms with E-state index in [0.29, 0.717) is 17.2 Å². The molecule has 0 aliphatic heterocycles. The van der Waals surface area contributed by atoms with E-state index in [4.69, 9.17) is 4.42 Å². The SMILES string of the molecule is CCCNC(CSc1nnc(C)o1)c1ccc(C)c(C)c1. The first-order chi connectivity index (χ1) is 10.1. The van der Waals surface area contributed by atoms with Crippen LogP contribution < -0.4 is 5.32 Å². The second kappa shape index (κ2) is 7.61. The number of thioether (sulfide) groups is 1. The lowest BCUT2D eigenvalue weighted by atomic mass is 10.0. The molecule has 1 heterocycles. The van der Waals surface area contributed by atoms with E-state index >= 15 is 0 Å². The molecule has 0 aliphatic carbocycles. The Hall–Kier alpha value is -1.33. The van der Waals surface area contributed by atoms with Crippen LogP contribution in [0.2, 0.25) is 0 Å². The summed E-state index contributed by atoms with van der Waals surface area (Å²) in [5, 5.41) is 12.1. The summed E-state index contributed by atoms with van der Waals surface area (Å²) in [6, 6.07) is 6.95. The minimum atomic E-state index is 0.293. The molecule has 0 amide bonds. The first kappa shape index (κ1) is 16.0. The molecule has 0 radical (unpaired) electrons. The number of hydrogen-bond donors (Lipinski definition) is 1. The molecule has 1 aromatic heterocycles. The van der Waals surface area contributed by atoms with Gasteiger partial charge in [0, 0.05) is 18.7 Å². The minimum absolute atomic E-state index is 0.293. The van der Waals surface area contributed by atoms with Crippen LogP contribution in [0.15, 0.2) is 27.8 Å². The average molecular weight is 305 g/mol. The Morgan fingerprint density at radius 1 is 1.19 bits per heavy atom. The van der Waals surface area contributed by atoms with Crippen molar-refractivity contribution in [3.8, 4) is 0 Å². The van der Waals surface area contributed by atoms with Crippen molar-refractivity contribution in [1.82, 2.24) is 15.5 Å². The molecule has 1 N–H and O–H groups in total. The molecule has 1 unspecified atom stereocenters. The van der Waals surface area contributed by atoms with Gasteiger partial charge in [-0.05, 0) is 43.5 Å². The Morgan fingerprint density at radius 2 is 2.00 bits per heavy atom. The summed E-state index contributed by atoms with van der Waals surface area (Å²) in [4.78, 5) is 0. The molecule has 4 nitrogen and oxygen atoms in total. The molecule has 1 atom stereocenters. The third-order valence-corrected chi connectivity index (χ3v) is 4.37. The molecule has 0 aliphatic rings. The average Bonchev–Trinajstić information content (AvgIpc) is 2.88. The van der Waals surface area contributed by atoms with E-state index in [2.05, 4.69) is 54.5 Å². The summed E-state index contributed by atoms with van der Waals surface area (Å²) in [6.07, 6.45) is 1.12. The molecule has 2 rings (SSSR count). The topological polar surface area (TPSA) is 51.0 Å². The Bertz CT molecular complexity index is 583. The largest absolute Gasteiger partial charge is 0.416 e. The maximum atomic E-state index is 5.43. The molecule has 0 saturated carbocycles. The van der Waals surface area contributed by atoms with E-state index in [1.807, 2.05) is 6.92 Å². The van der Waals surface area contributed by atoms with Crippen LogP contribution in [-0.2, 0) is 0 Å². The number of aromatic nitrogens is 2. The van der Waals surface area contributed by atoms with E-state index in [9.17, 15) is 0 Å². The maximum Gasteiger partial charge on any atom is 0.276 e. The van der Waals surface area contributed by atoms with Gasteiger partial charge in [-0.15, -0.1) is 10.2 Å². The van der Waals surface area contributed by atoms with Crippen LogP contribution in [0.3, 0.4) is 0 Å². The molecule has 1 aromatic carbocycles. The van der Waals surface area contributed by atoms with E-state index in [1.54, 1.807) is 11.8 Å². The fourth-order valence-corrected chi connectivity index (χ4v) is 2.96. The Morgan fingerprint density at radius 3 is 2.62 bits per heavy atom. The monoisotopic (exact) mass is 305 g/mol. The number of benzene rings is 1. The second-order valence-electron chi connectivity index (χ2n) is 5.25. The van der Waals surface area contributed by atoms with Crippen LogP contribution in [0.4, 0.5) is 0 Å². The number of hydrogen-bond acceptors (Lipinski definition) is 5. The number of rotatable bonds is 7. The van der Waals surface area contributed by atoms with Crippen LogP contribution in [-0.4, -0.2) is 22.5 Å². The molecule has 0 spiro atoms. The number of nitrogens with zero attached hydrogens (tertiary/aromatic N) is 2. The Kier molecular flexibility index (Phi) is 5.82. The molecule has 2 aromatic rings. The van der Waals surface area contributed by atoms with Crippen molar-refractivity contribution in [2.45, 2.75) is 45.4 Å². The van der Waals surface area contributed by atoms with Crippen LogP contribution in [0.1, 0.15) is 42.0 Å². The fourth-order valence-electron chi connectivity index (χ4n) is 2.06. The maximum absolute atomic E-state index is 5.43. The molecular weight excluding hydrogens is 282 g/mol. The highest BCUT2D eigenvalue weighted by molar-refractivity contribution is 7.99. The predicted octanol–water partition coefficient (Wildman–Crippen LogP) is 3.83. The zero-order valence-corrected chi connectivity index (χ0v) is 14.0. The van der Waals surface area contributed by atoms with Crippen molar-refractivity contribution < 1.29 is 4.42 Å². The van der Waals surface area contributed by atoms with Gasteiger partial charge in [0.2, 0.25) is 5.89 Å². The van der Waals surface area contributed by atoms with Gasteiger partial charge in [-0.25, -0.2) is 0 Å². The van der Waals surface area contributed by atoms with Crippen molar-refractivity contribution in [2.75, 3.05) is 12.3 Å². The summed E-state index contributed by atoms with van der Waals surface area (Å²) < 4.78 is 5.43. The van der Waals surface area contributed by atoms with E-state index in [0.717, 1.165) is 18.7 Å². The van der Waals surface area contributed by atoms with E-state index < -0.39 is 0 Å². The smallest absolute Gasteiger partial charge is 0.276 e. The van der Waals surface area contributed by atoms with Gasteiger partial charge in [-0.1, -0.05) is 36.9 Å². The normalized spacial score (nSPS) is 12.6. The first-order valence-electron chi connectivity index (χ1n) is 7.33.